The number of aromatic hydroxyl groups is 3. The number of esters is 1. The van der Waals surface area contributed by atoms with E-state index in [1.807, 2.05) is 0 Å². The highest BCUT2D eigenvalue weighted by Crippen LogP contribution is 2.55. The molecule has 5 bridgehead atoms. The number of carbonyl (C=O) groups is 3. The number of ether oxygens (including phenoxy) is 5. The summed E-state index contributed by atoms with van der Waals surface area (Å²) in [5.41, 5.74) is -0.426. The average molecular weight is 810 g/mol. The van der Waals surface area contributed by atoms with E-state index in [1.54, 1.807) is 44.9 Å². The highest BCUT2D eigenvalue weighted by molar-refractivity contribution is 6.23. The molecular weight excluding hydrogens is 754 g/mol. The molecule has 16 heteroatoms. The summed E-state index contributed by atoms with van der Waals surface area (Å²) in [6.07, 6.45) is 4.76. The topological polar surface area (TPSA) is 226 Å². The van der Waals surface area contributed by atoms with Crippen molar-refractivity contribution in [1.29, 1.82) is 0 Å². The number of rotatable bonds is 4. The molecular formula is C42H55N3O13. The first-order valence-corrected chi connectivity index (χ1v) is 19.3. The maximum absolute atomic E-state index is 14.4. The number of anilines is 1. The van der Waals surface area contributed by atoms with Crippen LogP contribution in [0.3, 0.4) is 0 Å². The number of aliphatic hydroxyl groups is 2. The fourth-order valence-corrected chi connectivity index (χ4v) is 7.68. The van der Waals surface area contributed by atoms with Gasteiger partial charge in [-0.15, -0.1) is 0 Å². The average Bonchev–Trinajstić information content (AvgIpc) is 3.46. The lowest BCUT2D eigenvalue weighted by atomic mass is 9.78. The summed E-state index contributed by atoms with van der Waals surface area (Å²) < 4.78 is 29.0. The van der Waals surface area contributed by atoms with Gasteiger partial charge in [0.15, 0.2) is 5.75 Å². The van der Waals surface area contributed by atoms with Crippen LogP contribution in [0.25, 0.3) is 10.8 Å². The van der Waals surface area contributed by atoms with Gasteiger partial charge in [-0.05, 0) is 19.9 Å². The zero-order valence-corrected chi connectivity index (χ0v) is 34.3. The van der Waals surface area contributed by atoms with Gasteiger partial charge >= 0.3 is 11.8 Å². The highest BCUT2D eigenvalue weighted by Gasteiger charge is 2.50. The Labute approximate surface area is 337 Å². The third kappa shape index (κ3) is 8.51. The number of hydrogen-bond acceptors (Lipinski definition) is 15. The van der Waals surface area contributed by atoms with Gasteiger partial charge in [0.1, 0.15) is 23.4 Å². The smallest absolute Gasteiger partial charge is 0.312 e. The molecule has 16 nitrogen and oxygen atoms in total. The molecule has 6 N–H and O–H groups in total. The second-order valence-corrected chi connectivity index (χ2v) is 15.4. The van der Waals surface area contributed by atoms with Crippen LogP contribution in [0.1, 0.15) is 70.0 Å². The van der Waals surface area contributed by atoms with Crippen molar-refractivity contribution >= 4 is 40.3 Å². The van der Waals surface area contributed by atoms with E-state index in [0.717, 1.165) is 0 Å². The molecule has 6 rings (SSSR count). The van der Waals surface area contributed by atoms with Crippen LogP contribution in [-0.4, -0.2) is 118 Å². The fourth-order valence-electron chi connectivity index (χ4n) is 7.68. The number of methoxy groups -OCH3 is 1. The molecule has 4 aliphatic heterocycles. The van der Waals surface area contributed by atoms with E-state index < -0.39 is 88.8 Å². The van der Waals surface area contributed by atoms with Gasteiger partial charge in [0.05, 0.1) is 79.3 Å². The van der Waals surface area contributed by atoms with Crippen LogP contribution in [-0.2, 0) is 28.5 Å². The zero-order chi connectivity index (χ0) is 42.8. The molecule has 1 amide bonds. The molecule has 58 heavy (non-hydrogen) atoms. The minimum Gasteiger partial charge on any atom is -0.507 e. The minimum atomic E-state index is -2.05. The van der Waals surface area contributed by atoms with E-state index in [4.69, 9.17) is 23.7 Å². The number of benzene rings is 2. The van der Waals surface area contributed by atoms with Gasteiger partial charge in [0.25, 0.3) is 11.7 Å². The number of morpholine rings is 1. The number of aliphatic hydroxyl groups excluding tert-OH is 2. The van der Waals surface area contributed by atoms with Gasteiger partial charge < -0.3 is 54.5 Å². The largest absolute Gasteiger partial charge is 0.507 e. The van der Waals surface area contributed by atoms with Crippen molar-refractivity contribution < 1.29 is 63.6 Å². The monoisotopic (exact) mass is 809 g/mol. The molecule has 0 radical (unpaired) electrons. The van der Waals surface area contributed by atoms with Gasteiger partial charge in [-0.3, -0.25) is 19.4 Å². The van der Waals surface area contributed by atoms with E-state index >= 15 is 0 Å². The van der Waals surface area contributed by atoms with Gasteiger partial charge in [-0.25, -0.2) is 0 Å². The number of ketones is 1. The summed E-state index contributed by atoms with van der Waals surface area (Å²) in [5, 5.41) is 66.4. The molecule has 0 aromatic heterocycles. The summed E-state index contributed by atoms with van der Waals surface area (Å²) in [5.74, 6) is -8.44. The summed E-state index contributed by atoms with van der Waals surface area (Å²) in [6, 6.07) is 0. The van der Waals surface area contributed by atoms with Gasteiger partial charge in [0.2, 0.25) is 0 Å². The van der Waals surface area contributed by atoms with Crippen molar-refractivity contribution in [2.75, 3.05) is 38.7 Å². The maximum Gasteiger partial charge on any atom is 0.312 e. The summed E-state index contributed by atoms with van der Waals surface area (Å²) in [6.45, 7) is 14.1. The predicted molar refractivity (Wildman–Crippen MR) is 214 cm³/mol. The van der Waals surface area contributed by atoms with Crippen LogP contribution in [0.5, 0.6) is 23.0 Å². The normalized spacial score (nSPS) is 32.1. The molecule has 0 spiro atoms. The predicted octanol–water partition coefficient (Wildman–Crippen LogP) is 4.42. The number of phenols is 3. The van der Waals surface area contributed by atoms with Crippen LogP contribution >= 0.6 is 0 Å². The van der Waals surface area contributed by atoms with Gasteiger partial charge in [-0.1, -0.05) is 45.9 Å². The number of nitrogens with zero attached hydrogens (tertiary/aromatic N) is 2. The van der Waals surface area contributed by atoms with E-state index in [0.29, 0.717) is 26.3 Å². The Hall–Kier alpha value is -5.16. The van der Waals surface area contributed by atoms with Crippen molar-refractivity contribution in [3.05, 3.63) is 52.8 Å². The Bertz CT molecular complexity index is 2040. The molecule has 4 heterocycles. The third-order valence-electron chi connectivity index (χ3n) is 11.4. The van der Waals surface area contributed by atoms with E-state index in [2.05, 4.69) is 10.4 Å². The lowest BCUT2D eigenvalue weighted by molar-refractivity contribution is -0.160. The molecule has 9 unspecified atom stereocenters. The molecule has 9 atom stereocenters. The minimum absolute atomic E-state index is 0.0475. The van der Waals surface area contributed by atoms with Crippen LogP contribution in [0.4, 0.5) is 5.69 Å². The summed E-state index contributed by atoms with van der Waals surface area (Å²) in [4.78, 5) is 40.4. The number of nitrogens with one attached hydrogen (secondary N) is 1. The van der Waals surface area contributed by atoms with Crippen LogP contribution in [0.15, 0.2) is 41.2 Å². The van der Waals surface area contributed by atoms with Crippen LogP contribution in [0, 0.1) is 30.6 Å². The summed E-state index contributed by atoms with van der Waals surface area (Å²) in [7, 11) is 1.43. The fraction of sp³-hybridized carbons (Fsp3) is 0.524. The van der Waals surface area contributed by atoms with Gasteiger partial charge in [0, 0.05) is 61.2 Å². The van der Waals surface area contributed by atoms with Crippen LogP contribution in [0.2, 0.25) is 0 Å². The molecule has 1 fully saturated rings. The lowest BCUT2D eigenvalue weighted by Crippen LogP contribution is -2.46. The Morgan fingerprint density at radius 2 is 1.64 bits per heavy atom. The number of carbonyl (C=O) groups excluding carboxylic acids is 3. The van der Waals surface area contributed by atoms with E-state index in [9.17, 15) is 39.9 Å². The van der Waals surface area contributed by atoms with Crippen LogP contribution < -0.4 is 10.1 Å². The first-order valence-electron chi connectivity index (χ1n) is 19.3. The van der Waals surface area contributed by atoms with Crippen molar-refractivity contribution in [3.8, 4) is 23.0 Å². The second kappa shape index (κ2) is 17.8. The lowest BCUT2D eigenvalue weighted by Gasteiger charge is -2.38. The number of phenolic OH excluding ortho intramolecular Hbond substituents is 3. The molecule has 1 saturated heterocycles. The zero-order valence-electron chi connectivity index (χ0n) is 34.3. The quantitative estimate of drug-likeness (QED) is 0.109. The Kier molecular flexibility index (Phi) is 13.5. The number of fused-ring (bicyclic) bond motifs is 14. The molecule has 2 aromatic rings. The van der Waals surface area contributed by atoms with Crippen molar-refractivity contribution in [3.63, 3.8) is 0 Å². The van der Waals surface area contributed by atoms with Crippen molar-refractivity contribution in [2.45, 2.75) is 85.6 Å². The number of hydrazone groups is 1. The summed E-state index contributed by atoms with van der Waals surface area (Å²) >= 11 is 0. The first-order chi connectivity index (χ1) is 27.3. The van der Waals surface area contributed by atoms with Crippen molar-refractivity contribution in [2.24, 2.45) is 28.8 Å². The molecule has 2 aromatic carbocycles. The first kappa shape index (κ1) is 44.0. The number of amides is 1. The molecule has 0 aliphatic carbocycles. The van der Waals surface area contributed by atoms with E-state index in [1.165, 1.54) is 59.4 Å². The Morgan fingerprint density at radius 1 is 0.966 bits per heavy atom. The molecule has 316 valence electrons. The maximum atomic E-state index is 14.4. The number of Topliss-reactive ketones (excluding diaryl/α,β-unsaturated/α-hetero) is 1. The standard InChI is InChI=1S/C42H55N3O13/c1-20-11-10-12-21(2)41(53)44-32-27(19-43-45-14-17-55-18-15-45)36(50)29-30(37(32)51)35(49)25(6)39-31(29)40(52)42(8,58-39)56-16-13-28(54-9)22(3)38(57-26(7)46)24(5)34(48)23(4)33(20)47/h10-13,16,19-20,22-24,28,33-34,38,47-51H,14-15,17-18H2,1-9H3,(H,44,53)/b11-10-,16-13-,21-12-,43-19-. The number of allylic oxidation sites excluding steroid dienone is 2. The van der Waals surface area contributed by atoms with Gasteiger partial charge in [-0.2, -0.15) is 5.10 Å². The second-order valence-electron chi connectivity index (χ2n) is 15.4. The highest BCUT2D eigenvalue weighted by atomic mass is 16.7. The third-order valence-corrected chi connectivity index (χ3v) is 11.4. The number of hydrogen-bond donors (Lipinski definition) is 6. The molecule has 4 aliphatic rings. The Morgan fingerprint density at radius 3 is 2.28 bits per heavy atom. The SMILES string of the molecule is COC1/C=C\OC2(C)Oc3c(C)c(O)c4c(O)c(c(/C=N\N5CCOCC5)c(O)c4c3C2=O)NC(=O)/C(C)=C\C=C/C(C)C(O)C(C)C(O)C(C)C(OC(C)=O)C1C. The van der Waals surface area contributed by atoms with E-state index in [-0.39, 0.29) is 44.5 Å². The molecule has 0 saturated carbocycles. The van der Waals surface area contributed by atoms with Crippen molar-refractivity contribution in [1.82, 2.24) is 5.01 Å². The Balaban J connectivity index is 1.71.